The van der Waals surface area contributed by atoms with Crippen LogP contribution in [0.25, 0.3) is 0 Å². The zero-order valence-corrected chi connectivity index (χ0v) is 14.4. The molecule has 0 aliphatic carbocycles. The third kappa shape index (κ3) is 4.94. The second-order valence-electron chi connectivity index (χ2n) is 5.88. The Morgan fingerprint density at radius 3 is 2.57 bits per heavy atom. The molecular formula is C16H27N3OS. The van der Waals surface area contributed by atoms with Gasteiger partial charge in [-0.3, -0.25) is 0 Å². The van der Waals surface area contributed by atoms with Gasteiger partial charge in [-0.05, 0) is 38.8 Å². The lowest BCUT2D eigenvalue weighted by Gasteiger charge is -2.22. The number of hydrogen-bond donors (Lipinski definition) is 1. The summed E-state index contributed by atoms with van der Waals surface area (Å²) in [5.41, 5.74) is 3.52. The highest BCUT2D eigenvalue weighted by Gasteiger charge is 2.21. The molecule has 2 rings (SSSR count). The van der Waals surface area contributed by atoms with E-state index in [1.54, 1.807) is 0 Å². The monoisotopic (exact) mass is 309 g/mol. The summed E-state index contributed by atoms with van der Waals surface area (Å²) in [4.78, 5) is 9.40. The lowest BCUT2D eigenvalue weighted by molar-refractivity contribution is 0.0691. The molecule has 1 aliphatic heterocycles. The molecule has 0 spiro atoms. The van der Waals surface area contributed by atoms with E-state index in [-0.39, 0.29) is 6.10 Å². The number of nitrogens with zero attached hydrogens (tertiary/aromatic N) is 2. The second kappa shape index (κ2) is 8.11. The first-order chi connectivity index (χ1) is 10.1. The Balaban J connectivity index is 1.99. The van der Waals surface area contributed by atoms with Crippen molar-refractivity contribution in [3.8, 4) is 0 Å². The van der Waals surface area contributed by atoms with E-state index in [0.29, 0.717) is 6.04 Å². The molecule has 1 aromatic heterocycles. The third-order valence-electron chi connectivity index (χ3n) is 3.70. The van der Waals surface area contributed by atoms with Crippen LogP contribution >= 0.6 is 11.8 Å². The average Bonchev–Trinajstić information content (AvgIpc) is 2.46. The first-order valence-corrected chi connectivity index (χ1v) is 9.00. The summed E-state index contributed by atoms with van der Waals surface area (Å²) in [6, 6.07) is 0.548. The Morgan fingerprint density at radius 1 is 1.29 bits per heavy atom. The molecule has 4 nitrogen and oxygen atoms in total. The summed E-state index contributed by atoms with van der Waals surface area (Å²) in [6.07, 6.45) is 2.23. The van der Waals surface area contributed by atoms with E-state index >= 15 is 0 Å². The first kappa shape index (κ1) is 16.7. The van der Waals surface area contributed by atoms with Gasteiger partial charge in [0.2, 0.25) is 0 Å². The minimum atomic E-state index is 0.0674. The van der Waals surface area contributed by atoms with Gasteiger partial charge in [-0.25, -0.2) is 9.97 Å². The highest BCUT2D eigenvalue weighted by molar-refractivity contribution is 7.99. The molecule has 1 N–H and O–H groups in total. The Labute approximate surface area is 132 Å². The summed E-state index contributed by atoms with van der Waals surface area (Å²) in [7, 11) is 0. The Kier molecular flexibility index (Phi) is 6.45. The Hall–Kier alpha value is -0.650. The minimum absolute atomic E-state index is 0.0674. The van der Waals surface area contributed by atoms with Gasteiger partial charge in [0, 0.05) is 28.9 Å². The minimum Gasteiger partial charge on any atom is -0.368 e. The maximum Gasteiger partial charge on any atom is 0.158 e. The molecule has 0 saturated carbocycles. The molecule has 0 radical (unpaired) electrons. The van der Waals surface area contributed by atoms with E-state index in [4.69, 9.17) is 14.7 Å². The molecule has 0 amide bonds. The molecule has 21 heavy (non-hydrogen) atoms. The molecule has 1 aliphatic rings. The predicted octanol–water partition coefficient (Wildman–Crippen LogP) is 2.83. The van der Waals surface area contributed by atoms with Gasteiger partial charge < -0.3 is 10.1 Å². The number of hydrogen-bond acceptors (Lipinski definition) is 5. The third-order valence-corrected chi connectivity index (χ3v) is 4.69. The number of rotatable bonds is 6. The SMILES string of the molecule is Cc1nc(C2CSCCO2)nc(C)c1CCCNC(C)C. The van der Waals surface area contributed by atoms with Crippen molar-refractivity contribution in [3.05, 3.63) is 22.8 Å². The standard InChI is InChI=1S/C16H27N3OS/c1-11(2)17-7-5-6-14-12(3)18-16(19-13(14)4)15-10-21-9-8-20-15/h11,15,17H,5-10H2,1-4H3. The van der Waals surface area contributed by atoms with Crippen LogP contribution in [0.4, 0.5) is 0 Å². The van der Waals surface area contributed by atoms with Crippen LogP contribution in [0.1, 0.15) is 49.1 Å². The molecule has 2 heterocycles. The van der Waals surface area contributed by atoms with Crippen molar-refractivity contribution >= 4 is 11.8 Å². The van der Waals surface area contributed by atoms with Crippen LogP contribution in [0.5, 0.6) is 0 Å². The van der Waals surface area contributed by atoms with Crippen LogP contribution in [0.15, 0.2) is 0 Å². The maximum absolute atomic E-state index is 5.78. The van der Waals surface area contributed by atoms with Crippen molar-refractivity contribution in [1.82, 2.24) is 15.3 Å². The molecule has 0 bridgehead atoms. The molecule has 0 aromatic carbocycles. The van der Waals surface area contributed by atoms with Gasteiger partial charge in [-0.15, -0.1) is 0 Å². The van der Waals surface area contributed by atoms with Gasteiger partial charge in [0.15, 0.2) is 5.82 Å². The molecule has 118 valence electrons. The summed E-state index contributed by atoms with van der Waals surface area (Å²) >= 11 is 1.92. The predicted molar refractivity (Wildman–Crippen MR) is 89.0 cm³/mol. The lowest BCUT2D eigenvalue weighted by atomic mass is 10.1. The second-order valence-corrected chi connectivity index (χ2v) is 7.03. The topological polar surface area (TPSA) is 47.0 Å². The molecule has 1 aromatic rings. The fourth-order valence-corrected chi connectivity index (χ4v) is 3.40. The van der Waals surface area contributed by atoms with Crippen LogP contribution in [0.2, 0.25) is 0 Å². The van der Waals surface area contributed by atoms with Gasteiger partial charge in [0.25, 0.3) is 0 Å². The molecular weight excluding hydrogens is 282 g/mol. The smallest absolute Gasteiger partial charge is 0.158 e. The Morgan fingerprint density at radius 2 is 2.00 bits per heavy atom. The van der Waals surface area contributed by atoms with E-state index in [1.807, 2.05) is 11.8 Å². The van der Waals surface area contributed by atoms with Crippen LogP contribution < -0.4 is 5.32 Å². The fraction of sp³-hybridized carbons (Fsp3) is 0.750. The molecule has 1 fully saturated rings. The summed E-state index contributed by atoms with van der Waals surface area (Å²) < 4.78 is 5.78. The van der Waals surface area contributed by atoms with Gasteiger partial charge in [0.05, 0.1) is 6.61 Å². The fourth-order valence-electron chi connectivity index (χ4n) is 2.56. The van der Waals surface area contributed by atoms with Crippen molar-refractivity contribution in [2.45, 2.75) is 52.7 Å². The van der Waals surface area contributed by atoms with E-state index in [2.05, 4.69) is 33.0 Å². The van der Waals surface area contributed by atoms with Crippen LogP contribution in [0.3, 0.4) is 0 Å². The number of ether oxygens (including phenoxy) is 1. The van der Waals surface area contributed by atoms with Gasteiger partial charge >= 0.3 is 0 Å². The van der Waals surface area contributed by atoms with Crippen molar-refractivity contribution in [2.75, 3.05) is 24.7 Å². The maximum atomic E-state index is 5.78. The van der Waals surface area contributed by atoms with Gasteiger partial charge in [0.1, 0.15) is 6.10 Å². The summed E-state index contributed by atoms with van der Waals surface area (Å²) in [6.45, 7) is 10.4. The average molecular weight is 309 g/mol. The zero-order valence-electron chi connectivity index (χ0n) is 13.6. The van der Waals surface area contributed by atoms with E-state index in [9.17, 15) is 0 Å². The summed E-state index contributed by atoms with van der Waals surface area (Å²) in [5.74, 6) is 2.91. The molecule has 1 unspecified atom stereocenters. The van der Waals surface area contributed by atoms with Crippen molar-refractivity contribution in [2.24, 2.45) is 0 Å². The highest BCUT2D eigenvalue weighted by Crippen LogP contribution is 2.25. The number of thioether (sulfide) groups is 1. The zero-order chi connectivity index (χ0) is 15.2. The first-order valence-electron chi connectivity index (χ1n) is 7.84. The highest BCUT2D eigenvalue weighted by atomic mass is 32.2. The van der Waals surface area contributed by atoms with Crippen LogP contribution in [-0.2, 0) is 11.2 Å². The largest absolute Gasteiger partial charge is 0.368 e. The van der Waals surface area contributed by atoms with Gasteiger partial charge in [-0.2, -0.15) is 11.8 Å². The van der Waals surface area contributed by atoms with Crippen molar-refractivity contribution in [1.29, 1.82) is 0 Å². The molecule has 5 heteroatoms. The Bertz CT molecular complexity index is 436. The van der Waals surface area contributed by atoms with Crippen LogP contribution in [0, 0.1) is 13.8 Å². The van der Waals surface area contributed by atoms with E-state index in [0.717, 1.165) is 54.7 Å². The lowest BCUT2D eigenvalue weighted by Crippen LogP contribution is -2.24. The van der Waals surface area contributed by atoms with Crippen molar-refractivity contribution < 1.29 is 4.74 Å². The van der Waals surface area contributed by atoms with E-state index < -0.39 is 0 Å². The van der Waals surface area contributed by atoms with Crippen LogP contribution in [-0.4, -0.2) is 40.7 Å². The summed E-state index contributed by atoms with van der Waals surface area (Å²) in [5, 5.41) is 3.45. The van der Waals surface area contributed by atoms with Crippen molar-refractivity contribution in [3.63, 3.8) is 0 Å². The normalized spacial score (nSPS) is 19.2. The van der Waals surface area contributed by atoms with Gasteiger partial charge in [-0.1, -0.05) is 13.8 Å². The molecule has 1 atom stereocenters. The number of aromatic nitrogens is 2. The number of nitrogens with one attached hydrogen (secondary N) is 1. The number of aryl methyl sites for hydroxylation is 2. The molecule has 1 saturated heterocycles. The van der Waals surface area contributed by atoms with E-state index in [1.165, 1.54) is 5.56 Å². The quantitative estimate of drug-likeness (QED) is 0.819.